The number of sulfonamides is 1. The molecule has 0 atom stereocenters. The molecule has 19 heavy (non-hydrogen) atoms. The van der Waals surface area contributed by atoms with Gasteiger partial charge in [0.05, 0.1) is 6.54 Å². The first-order chi connectivity index (χ1) is 9.03. The number of nitrogens with zero attached hydrogens (tertiary/aromatic N) is 1. The fraction of sp³-hybridized carbons (Fsp3) is 0.250. The summed E-state index contributed by atoms with van der Waals surface area (Å²) in [5.74, 6) is 0.782. The first-order valence-corrected chi connectivity index (χ1v) is 7.19. The van der Waals surface area contributed by atoms with Gasteiger partial charge in [0.25, 0.3) is 0 Å². The third-order valence-corrected chi connectivity index (χ3v) is 4.14. The zero-order valence-corrected chi connectivity index (χ0v) is 11.3. The topological polar surface area (TPSA) is 98.2 Å². The van der Waals surface area contributed by atoms with Crippen molar-refractivity contribution >= 4 is 10.0 Å². The zero-order chi connectivity index (χ0) is 13.9. The molecule has 0 aliphatic carbocycles. The first-order valence-electron chi connectivity index (χ1n) is 5.71. The largest absolute Gasteiger partial charge is 0.464 e. The number of pyridine rings is 1. The highest BCUT2D eigenvalue weighted by molar-refractivity contribution is 7.89. The SMILES string of the molecule is Cc1oc(CN)cc1S(=O)(=O)NCc1ccncc1. The lowest BCUT2D eigenvalue weighted by Crippen LogP contribution is -2.23. The Morgan fingerprint density at radius 2 is 2.05 bits per heavy atom. The van der Waals surface area contributed by atoms with Crippen molar-refractivity contribution in [2.75, 3.05) is 0 Å². The normalized spacial score (nSPS) is 11.7. The predicted molar refractivity (Wildman–Crippen MR) is 69.6 cm³/mol. The van der Waals surface area contributed by atoms with Gasteiger partial charge in [-0.3, -0.25) is 4.98 Å². The number of nitrogens with one attached hydrogen (secondary N) is 1. The van der Waals surface area contributed by atoms with E-state index < -0.39 is 10.0 Å². The Kier molecular flexibility index (Phi) is 3.98. The quantitative estimate of drug-likeness (QED) is 0.849. The molecule has 2 aromatic rings. The summed E-state index contributed by atoms with van der Waals surface area (Å²) in [5, 5.41) is 0. The predicted octanol–water partition coefficient (Wildman–Crippen LogP) is 0.920. The molecule has 0 spiro atoms. The molecular weight excluding hydrogens is 266 g/mol. The van der Waals surface area contributed by atoms with Gasteiger partial charge in [-0.25, -0.2) is 13.1 Å². The Morgan fingerprint density at radius 1 is 1.37 bits per heavy atom. The number of furan rings is 1. The molecule has 0 amide bonds. The Labute approximate surface area is 111 Å². The number of rotatable bonds is 5. The molecule has 6 nitrogen and oxygen atoms in total. The van der Waals surface area contributed by atoms with E-state index in [1.165, 1.54) is 6.07 Å². The minimum absolute atomic E-state index is 0.127. The summed E-state index contributed by atoms with van der Waals surface area (Å²) < 4.78 is 32.0. The van der Waals surface area contributed by atoms with E-state index in [0.29, 0.717) is 11.5 Å². The zero-order valence-electron chi connectivity index (χ0n) is 10.5. The molecule has 0 unspecified atom stereocenters. The van der Waals surface area contributed by atoms with Gasteiger partial charge in [0, 0.05) is 25.0 Å². The summed E-state index contributed by atoms with van der Waals surface area (Å²) in [6.45, 7) is 1.97. The molecule has 2 aromatic heterocycles. The standard InChI is InChI=1S/C12H15N3O3S/c1-9-12(6-11(7-13)18-9)19(16,17)15-8-10-2-4-14-5-3-10/h2-6,15H,7-8,13H2,1H3. The number of hydrogen-bond donors (Lipinski definition) is 2. The Balaban J connectivity index is 2.16. The molecule has 0 radical (unpaired) electrons. The Bertz CT molecular complexity index is 650. The van der Waals surface area contributed by atoms with Crippen LogP contribution in [0.1, 0.15) is 17.1 Å². The van der Waals surface area contributed by atoms with Crippen LogP contribution in [0.4, 0.5) is 0 Å². The highest BCUT2D eigenvalue weighted by Crippen LogP contribution is 2.19. The van der Waals surface area contributed by atoms with Crippen LogP contribution in [0.15, 0.2) is 39.9 Å². The number of aryl methyl sites for hydroxylation is 1. The average molecular weight is 281 g/mol. The molecule has 102 valence electrons. The summed E-state index contributed by atoms with van der Waals surface area (Å²) in [6, 6.07) is 4.94. The summed E-state index contributed by atoms with van der Waals surface area (Å²) in [5.41, 5.74) is 6.26. The lowest BCUT2D eigenvalue weighted by Gasteiger charge is -2.05. The third-order valence-electron chi connectivity index (χ3n) is 2.63. The van der Waals surface area contributed by atoms with E-state index in [1.807, 2.05) is 0 Å². The van der Waals surface area contributed by atoms with Crippen LogP contribution in [0.5, 0.6) is 0 Å². The molecule has 0 aromatic carbocycles. The van der Waals surface area contributed by atoms with Gasteiger partial charge in [0.2, 0.25) is 10.0 Å². The van der Waals surface area contributed by atoms with Gasteiger partial charge in [-0.2, -0.15) is 0 Å². The summed E-state index contributed by atoms with van der Waals surface area (Å²) in [7, 11) is -3.60. The maximum atomic E-state index is 12.1. The van der Waals surface area contributed by atoms with E-state index in [9.17, 15) is 8.42 Å². The van der Waals surface area contributed by atoms with Crippen LogP contribution in [0, 0.1) is 6.92 Å². The monoisotopic (exact) mass is 281 g/mol. The van der Waals surface area contributed by atoms with E-state index in [0.717, 1.165) is 5.56 Å². The van der Waals surface area contributed by atoms with Crippen LogP contribution in [0.3, 0.4) is 0 Å². The molecule has 0 bridgehead atoms. The third kappa shape index (κ3) is 3.19. The van der Waals surface area contributed by atoms with E-state index in [2.05, 4.69) is 9.71 Å². The van der Waals surface area contributed by atoms with Gasteiger partial charge in [0.15, 0.2) is 0 Å². The molecule has 0 aliphatic rings. The number of aromatic nitrogens is 1. The van der Waals surface area contributed by atoms with E-state index in [1.54, 1.807) is 31.5 Å². The molecule has 0 aliphatic heterocycles. The van der Waals surface area contributed by atoms with E-state index in [4.69, 9.17) is 10.2 Å². The second-order valence-corrected chi connectivity index (χ2v) is 5.75. The van der Waals surface area contributed by atoms with Gasteiger partial charge in [-0.05, 0) is 24.6 Å². The molecule has 0 fully saturated rings. The van der Waals surface area contributed by atoms with Crippen molar-refractivity contribution in [3.8, 4) is 0 Å². The van der Waals surface area contributed by atoms with Crippen molar-refractivity contribution in [1.82, 2.24) is 9.71 Å². The van der Waals surface area contributed by atoms with Crippen molar-refractivity contribution in [2.24, 2.45) is 5.73 Å². The molecule has 7 heteroatoms. The van der Waals surface area contributed by atoms with Crippen molar-refractivity contribution in [2.45, 2.75) is 24.9 Å². The Morgan fingerprint density at radius 3 is 2.63 bits per heavy atom. The minimum Gasteiger partial charge on any atom is -0.464 e. The summed E-state index contributed by atoms with van der Waals surface area (Å²) >= 11 is 0. The van der Waals surface area contributed by atoms with Crippen LogP contribution in [0.25, 0.3) is 0 Å². The molecule has 2 rings (SSSR count). The second kappa shape index (κ2) is 5.52. The van der Waals surface area contributed by atoms with Gasteiger partial charge in [0.1, 0.15) is 16.4 Å². The maximum Gasteiger partial charge on any atom is 0.244 e. The van der Waals surface area contributed by atoms with Crippen LogP contribution in [-0.4, -0.2) is 13.4 Å². The number of hydrogen-bond acceptors (Lipinski definition) is 5. The van der Waals surface area contributed by atoms with Crippen LogP contribution < -0.4 is 10.5 Å². The van der Waals surface area contributed by atoms with Crippen LogP contribution >= 0.6 is 0 Å². The fourth-order valence-electron chi connectivity index (χ4n) is 1.65. The lowest BCUT2D eigenvalue weighted by molar-refractivity contribution is 0.478. The Hall–Kier alpha value is -1.70. The highest BCUT2D eigenvalue weighted by Gasteiger charge is 2.20. The van der Waals surface area contributed by atoms with Crippen molar-refractivity contribution in [3.63, 3.8) is 0 Å². The van der Waals surface area contributed by atoms with Crippen LogP contribution in [0.2, 0.25) is 0 Å². The molecule has 0 saturated heterocycles. The average Bonchev–Trinajstić information content (AvgIpc) is 2.80. The summed E-state index contributed by atoms with van der Waals surface area (Å²) in [6.07, 6.45) is 3.22. The van der Waals surface area contributed by atoms with E-state index >= 15 is 0 Å². The second-order valence-electron chi connectivity index (χ2n) is 4.02. The summed E-state index contributed by atoms with van der Waals surface area (Å²) in [4.78, 5) is 4.00. The maximum absolute atomic E-state index is 12.1. The van der Waals surface area contributed by atoms with Gasteiger partial charge in [-0.1, -0.05) is 0 Å². The smallest absolute Gasteiger partial charge is 0.244 e. The molecular formula is C12H15N3O3S. The van der Waals surface area contributed by atoms with Crippen molar-refractivity contribution < 1.29 is 12.8 Å². The molecule has 2 heterocycles. The van der Waals surface area contributed by atoms with Gasteiger partial charge < -0.3 is 10.2 Å². The van der Waals surface area contributed by atoms with Crippen molar-refractivity contribution in [1.29, 1.82) is 0 Å². The van der Waals surface area contributed by atoms with Gasteiger partial charge >= 0.3 is 0 Å². The number of nitrogens with two attached hydrogens (primary N) is 1. The molecule has 3 N–H and O–H groups in total. The van der Waals surface area contributed by atoms with E-state index in [-0.39, 0.29) is 18.0 Å². The fourth-order valence-corrected chi connectivity index (χ4v) is 2.87. The lowest BCUT2D eigenvalue weighted by atomic mass is 10.3. The van der Waals surface area contributed by atoms with Crippen LogP contribution in [-0.2, 0) is 23.1 Å². The minimum atomic E-state index is -3.60. The first kappa shape index (κ1) is 13.7. The highest BCUT2D eigenvalue weighted by atomic mass is 32.2. The van der Waals surface area contributed by atoms with Gasteiger partial charge in [-0.15, -0.1) is 0 Å². The van der Waals surface area contributed by atoms with Crippen molar-refractivity contribution in [3.05, 3.63) is 47.7 Å². The molecule has 0 saturated carbocycles.